The second-order valence-electron chi connectivity index (χ2n) is 5.29. The number of fused-ring (bicyclic) bond motifs is 1. The van der Waals surface area contributed by atoms with Crippen molar-refractivity contribution < 1.29 is 0 Å². The molecule has 0 unspecified atom stereocenters. The molecule has 3 N–H and O–H groups in total. The lowest BCUT2D eigenvalue weighted by atomic mass is 10.3. The number of anilines is 2. The van der Waals surface area contributed by atoms with Crippen LogP contribution in [0.15, 0.2) is 61.2 Å². The van der Waals surface area contributed by atoms with Gasteiger partial charge in [0.1, 0.15) is 18.0 Å². The Hall–Kier alpha value is -3.48. The average molecular weight is 317 g/mol. The molecule has 4 rings (SSSR count). The molecule has 0 bridgehead atoms. The number of nitrogen functional groups attached to an aromatic ring is 1. The fourth-order valence-electron chi connectivity index (χ4n) is 2.48. The second kappa shape index (κ2) is 5.96. The van der Waals surface area contributed by atoms with Crippen molar-refractivity contribution >= 4 is 22.8 Å². The van der Waals surface area contributed by atoms with E-state index in [2.05, 4.69) is 25.3 Å². The van der Waals surface area contributed by atoms with Crippen LogP contribution < -0.4 is 11.1 Å². The molecule has 24 heavy (non-hydrogen) atoms. The first kappa shape index (κ1) is 14.1. The highest BCUT2D eigenvalue weighted by Crippen LogP contribution is 2.19. The van der Waals surface area contributed by atoms with Gasteiger partial charge in [-0.15, -0.1) is 0 Å². The third-order valence-electron chi connectivity index (χ3n) is 3.61. The molecule has 0 fully saturated rings. The molecule has 3 heterocycles. The Kier molecular flexibility index (Phi) is 3.51. The van der Waals surface area contributed by atoms with E-state index in [1.807, 2.05) is 41.0 Å². The molecular weight excluding hydrogens is 302 g/mol. The van der Waals surface area contributed by atoms with Gasteiger partial charge in [0.25, 0.3) is 0 Å². The van der Waals surface area contributed by atoms with E-state index in [0.717, 1.165) is 16.6 Å². The Morgan fingerprint density at radius 3 is 2.88 bits per heavy atom. The van der Waals surface area contributed by atoms with Crippen molar-refractivity contribution in [3.8, 4) is 5.82 Å². The highest BCUT2D eigenvalue weighted by Gasteiger charge is 2.08. The maximum Gasteiger partial charge on any atom is 0.226 e. The van der Waals surface area contributed by atoms with Crippen molar-refractivity contribution in [2.45, 2.75) is 6.54 Å². The Bertz CT molecular complexity index is 979. The Balaban J connectivity index is 1.66. The van der Waals surface area contributed by atoms with Gasteiger partial charge in [-0.3, -0.25) is 9.55 Å². The molecule has 118 valence electrons. The van der Waals surface area contributed by atoms with Gasteiger partial charge < -0.3 is 11.1 Å². The summed E-state index contributed by atoms with van der Waals surface area (Å²) < 4.78 is 1.89. The lowest BCUT2D eigenvalue weighted by Gasteiger charge is -2.09. The molecular formula is C17H15N7. The van der Waals surface area contributed by atoms with Gasteiger partial charge in [-0.2, -0.15) is 9.97 Å². The minimum Gasteiger partial charge on any atom is -0.383 e. The molecule has 0 saturated heterocycles. The number of hydrogen-bond donors (Lipinski definition) is 2. The number of para-hydroxylation sites is 2. The summed E-state index contributed by atoms with van der Waals surface area (Å²) in [6.07, 6.45) is 5.27. The largest absolute Gasteiger partial charge is 0.383 e. The van der Waals surface area contributed by atoms with Crippen LogP contribution in [0.2, 0.25) is 0 Å². The summed E-state index contributed by atoms with van der Waals surface area (Å²) in [5, 5.41) is 3.18. The van der Waals surface area contributed by atoms with Crippen LogP contribution in [0.5, 0.6) is 0 Å². The Morgan fingerprint density at radius 1 is 1.08 bits per heavy atom. The molecule has 7 heteroatoms. The molecule has 4 aromatic rings. The van der Waals surface area contributed by atoms with Crippen LogP contribution in [0, 0.1) is 0 Å². The van der Waals surface area contributed by atoms with Gasteiger partial charge in [-0.1, -0.05) is 18.2 Å². The molecule has 1 aromatic carbocycles. The third kappa shape index (κ3) is 2.74. The van der Waals surface area contributed by atoms with E-state index in [0.29, 0.717) is 24.1 Å². The zero-order chi connectivity index (χ0) is 16.4. The number of hydrogen-bond acceptors (Lipinski definition) is 6. The van der Waals surface area contributed by atoms with Gasteiger partial charge in [0.15, 0.2) is 0 Å². The van der Waals surface area contributed by atoms with E-state index < -0.39 is 0 Å². The molecule has 0 aliphatic rings. The van der Waals surface area contributed by atoms with Crippen molar-refractivity contribution in [3.05, 3.63) is 66.7 Å². The number of imidazole rings is 1. The van der Waals surface area contributed by atoms with Crippen LogP contribution in [0.1, 0.15) is 5.56 Å². The maximum atomic E-state index is 5.94. The number of nitrogens with two attached hydrogens (primary N) is 1. The first-order valence-electron chi connectivity index (χ1n) is 7.49. The fraction of sp³-hybridized carbons (Fsp3) is 0.0588. The normalized spacial score (nSPS) is 10.8. The summed E-state index contributed by atoms with van der Waals surface area (Å²) in [5.74, 6) is 1.53. The molecule has 0 spiro atoms. The molecule has 7 nitrogen and oxygen atoms in total. The Labute approximate surface area is 138 Å². The zero-order valence-corrected chi connectivity index (χ0v) is 12.8. The fourth-order valence-corrected chi connectivity index (χ4v) is 2.48. The molecule has 0 atom stereocenters. The minimum absolute atomic E-state index is 0.395. The molecule has 0 amide bonds. The summed E-state index contributed by atoms with van der Waals surface area (Å²) >= 11 is 0. The standard InChI is InChI=1S/C17H15N7/c18-15-8-16(24-11-21-13-5-1-2-6-14(13)24)23-17(22-15)20-10-12-4-3-7-19-9-12/h1-9,11H,10H2,(H3,18,20,22,23). The van der Waals surface area contributed by atoms with Gasteiger partial charge in [0.05, 0.1) is 11.0 Å². The van der Waals surface area contributed by atoms with Crippen molar-refractivity contribution in [3.63, 3.8) is 0 Å². The number of rotatable bonds is 4. The lowest BCUT2D eigenvalue weighted by Crippen LogP contribution is -2.08. The quantitative estimate of drug-likeness (QED) is 0.600. The van der Waals surface area contributed by atoms with E-state index >= 15 is 0 Å². The van der Waals surface area contributed by atoms with E-state index in [9.17, 15) is 0 Å². The van der Waals surface area contributed by atoms with Crippen LogP contribution in [0.3, 0.4) is 0 Å². The van der Waals surface area contributed by atoms with Crippen LogP contribution in [0.4, 0.5) is 11.8 Å². The zero-order valence-electron chi connectivity index (χ0n) is 12.8. The molecule has 0 aliphatic carbocycles. The van der Waals surface area contributed by atoms with Crippen molar-refractivity contribution in [1.82, 2.24) is 24.5 Å². The monoisotopic (exact) mass is 317 g/mol. The van der Waals surface area contributed by atoms with Crippen molar-refractivity contribution in [2.24, 2.45) is 0 Å². The smallest absolute Gasteiger partial charge is 0.226 e. The molecule has 0 saturated carbocycles. The SMILES string of the molecule is Nc1cc(-n2cnc3ccccc32)nc(NCc2cccnc2)n1. The van der Waals surface area contributed by atoms with E-state index in [4.69, 9.17) is 5.73 Å². The summed E-state index contributed by atoms with van der Waals surface area (Å²) in [4.78, 5) is 17.3. The first-order chi connectivity index (χ1) is 11.8. The van der Waals surface area contributed by atoms with Crippen LogP contribution in [0.25, 0.3) is 16.9 Å². The van der Waals surface area contributed by atoms with Gasteiger partial charge >= 0.3 is 0 Å². The van der Waals surface area contributed by atoms with Crippen LogP contribution in [-0.2, 0) is 6.54 Å². The van der Waals surface area contributed by atoms with Crippen LogP contribution in [-0.4, -0.2) is 24.5 Å². The number of benzene rings is 1. The Morgan fingerprint density at radius 2 is 2.00 bits per heavy atom. The lowest BCUT2D eigenvalue weighted by molar-refractivity contribution is 0.977. The highest BCUT2D eigenvalue weighted by molar-refractivity contribution is 5.77. The number of nitrogens with one attached hydrogen (secondary N) is 1. The predicted octanol–water partition coefficient (Wildman–Crippen LogP) is 2.40. The third-order valence-corrected chi connectivity index (χ3v) is 3.61. The summed E-state index contributed by atoms with van der Waals surface area (Å²) in [5.41, 5.74) is 8.85. The predicted molar refractivity (Wildman–Crippen MR) is 92.6 cm³/mol. The minimum atomic E-state index is 0.395. The van der Waals surface area contributed by atoms with E-state index in [1.54, 1.807) is 24.8 Å². The summed E-state index contributed by atoms with van der Waals surface area (Å²) in [7, 11) is 0. The van der Waals surface area contributed by atoms with E-state index in [1.165, 1.54) is 0 Å². The number of pyridine rings is 1. The van der Waals surface area contributed by atoms with Gasteiger partial charge in [-0.05, 0) is 23.8 Å². The summed E-state index contributed by atoms with van der Waals surface area (Å²) in [6.45, 7) is 0.571. The average Bonchev–Trinajstić information content (AvgIpc) is 3.05. The van der Waals surface area contributed by atoms with Crippen molar-refractivity contribution in [1.29, 1.82) is 0 Å². The van der Waals surface area contributed by atoms with Crippen molar-refractivity contribution in [2.75, 3.05) is 11.1 Å². The maximum absolute atomic E-state index is 5.94. The number of aromatic nitrogens is 5. The van der Waals surface area contributed by atoms with Gasteiger partial charge in [0.2, 0.25) is 5.95 Å². The van der Waals surface area contributed by atoms with Gasteiger partial charge in [0, 0.05) is 25.0 Å². The topological polar surface area (TPSA) is 94.5 Å². The number of nitrogens with zero attached hydrogens (tertiary/aromatic N) is 5. The molecule has 0 radical (unpaired) electrons. The summed E-state index contributed by atoms with van der Waals surface area (Å²) in [6, 6.07) is 13.5. The van der Waals surface area contributed by atoms with E-state index in [-0.39, 0.29) is 0 Å². The second-order valence-corrected chi connectivity index (χ2v) is 5.29. The van der Waals surface area contributed by atoms with Gasteiger partial charge in [-0.25, -0.2) is 4.98 Å². The molecule has 3 aromatic heterocycles. The van der Waals surface area contributed by atoms with Crippen LogP contribution >= 0.6 is 0 Å². The highest BCUT2D eigenvalue weighted by atomic mass is 15.2. The first-order valence-corrected chi connectivity index (χ1v) is 7.49. The molecule has 0 aliphatic heterocycles.